The lowest BCUT2D eigenvalue weighted by Gasteiger charge is -2.04. The van der Waals surface area contributed by atoms with E-state index in [1.807, 2.05) is 0 Å². The van der Waals surface area contributed by atoms with Crippen molar-refractivity contribution >= 4 is 22.5 Å². The van der Waals surface area contributed by atoms with Gasteiger partial charge >= 0.3 is 0 Å². The molecule has 0 fully saturated rings. The zero-order valence-electron chi connectivity index (χ0n) is 8.29. The van der Waals surface area contributed by atoms with Gasteiger partial charge in [0.2, 0.25) is 0 Å². The highest BCUT2D eigenvalue weighted by Gasteiger charge is 2.06. The van der Waals surface area contributed by atoms with Gasteiger partial charge in [-0.3, -0.25) is 4.79 Å². The van der Waals surface area contributed by atoms with Gasteiger partial charge < -0.3 is 5.73 Å². The Bertz CT molecular complexity index is 748. The van der Waals surface area contributed by atoms with Crippen molar-refractivity contribution in [3.8, 4) is 0 Å². The number of rotatable bonds is 0. The molecule has 3 aromatic rings. The van der Waals surface area contributed by atoms with Crippen LogP contribution in [0.25, 0.3) is 16.7 Å². The molecule has 0 atom stereocenters. The zero-order chi connectivity index (χ0) is 11.1. The van der Waals surface area contributed by atoms with Gasteiger partial charge in [0.15, 0.2) is 5.65 Å². The van der Waals surface area contributed by atoms with E-state index in [1.54, 1.807) is 36.5 Å². The van der Waals surface area contributed by atoms with Crippen molar-refractivity contribution in [3.05, 3.63) is 46.9 Å². The molecule has 2 N–H and O–H groups in total. The normalized spacial score (nSPS) is 11.0. The van der Waals surface area contributed by atoms with E-state index in [-0.39, 0.29) is 5.56 Å². The molecule has 16 heavy (non-hydrogen) atoms. The molecule has 3 heterocycles. The van der Waals surface area contributed by atoms with Crippen LogP contribution in [-0.4, -0.2) is 14.4 Å². The first-order valence-electron chi connectivity index (χ1n) is 4.79. The molecule has 0 aliphatic carbocycles. The van der Waals surface area contributed by atoms with Gasteiger partial charge in [0, 0.05) is 6.20 Å². The summed E-state index contributed by atoms with van der Waals surface area (Å²) in [6.07, 6.45) is 1.61. The van der Waals surface area contributed by atoms with Gasteiger partial charge in [-0.25, -0.2) is 14.4 Å². The van der Waals surface area contributed by atoms with Crippen LogP contribution in [0.1, 0.15) is 0 Å². The summed E-state index contributed by atoms with van der Waals surface area (Å²) in [5.74, 6) is 0.376. The summed E-state index contributed by atoms with van der Waals surface area (Å²) in [5, 5.41) is 0.470. The summed E-state index contributed by atoms with van der Waals surface area (Å²) in [4.78, 5) is 20.4. The van der Waals surface area contributed by atoms with Crippen molar-refractivity contribution in [2.45, 2.75) is 0 Å². The smallest absolute Gasteiger partial charge is 0.269 e. The third-order valence-electron chi connectivity index (χ3n) is 2.44. The van der Waals surface area contributed by atoms with E-state index in [0.29, 0.717) is 22.5 Å². The first kappa shape index (κ1) is 8.84. The number of fused-ring (bicyclic) bond motifs is 2. The van der Waals surface area contributed by atoms with Crippen molar-refractivity contribution < 1.29 is 0 Å². The molecule has 0 aliphatic heterocycles. The summed E-state index contributed by atoms with van der Waals surface area (Å²) in [6.45, 7) is 0. The van der Waals surface area contributed by atoms with Crippen LogP contribution < -0.4 is 11.3 Å². The molecular weight excluding hydrogens is 204 g/mol. The average Bonchev–Trinajstić information content (AvgIpc) is 2.29. The molecule has 0 spiro atoms. The minimum atomic E-state index is -0.189. The fourth-order valence-electron chi connectivity index (χ4n) is 1.70. The van der Waals surface area contributed by atoms with E-state index in [2.05, 4.69) is 9.97 Å². The highest BCUT2D eigenvalue weighted by molar-refractivity contribution is 5.76. The van der Waals surface area contributed by atoms with Gasteiger partial charge in [0.25, 0.3) is 5.56 Å². The van der Waals surface area contributed by atoms with Crippen LogP contribution in [0.5, 0.6) is 0 Å². The number of aromatic nitrogens is 3. The van der Waals surface area contributed by atoms with Crippen LogP contribution in [-0.2, 0) is 0 Å². The molecule has 0 saturated carbocycles. The predicted octanol–water partition coefficient (Wildman–Crippen LogP) is 0.825. The van der Waals surface area contributed by atoms with Crippen LogP contribution in [0.4, 0.5) is 5.82 Å². The molecule has 78 valence electrons. The lowest BCUT2D eigenvalue weighted by atomic mass is 10.3. The molecule has 0 aromatic carbocycles. The van der Waals surface area contributed by atoms with Gasteiger partial charge in [0.05, 0.1) is 5.39 Å². The Labute approximate surface area is 90.2 Å². The molecule has 5 heteroatoms. The van der Waals surface area contributed by atoms with E-state index >= 15 is 0 Å². The number of pyridine rings is 2. The van der Waals surface area contributed by atoms with Crippen molar-refractivity contribution in [1.29, 1.82) is 0 Å². The first-order valence-corrected chi connectivity index (χ1v) is 4.79. The number of nitrogens with zero attached hydrogens (tertiary/aromatic N) is 3. The third-order valence-corrected chi connectivity index (χ3v) is 2.44. The van der Waals surface area contributed by atoms with Crippen LogP contribution in [0.2, 0.25) is 0 Å². The minimum Gasteiger partial charge on any atom is -0.385 e. The maximum Gasteiger partial charge on any atom is 0.269 e. The molecule has 3 rings (SSSR count). The van der Waals surface area contributed by atoms with Crippen molar-refractivity contribution in [2.24, 2.45) is 0 Å². The maximum absolute atomic E-state index is 12.1. The molecule has 0 bridgehead atoms. The molecule has 5 nitrogen and oxygen atoms in total. The Morgan fingerprint density at radius 1 is 1.19 bits per heavy atom. The van der Waals surface area contributed by atoms with E-state index < -0.39 is 0 Å². The Morgan fingerprint density at radius 2 is 2.06 bits per heavy atom. The van der Waals surface area contributed by atoms with E-state index in [4.69, 9.17) is 5.73 Å². The van der Waals surface area contributed by atoms with Gasteiger partial charge in [0.1, 0.15) is 11.5 Å². The van der Waals surface area contributed by atoms with Crippen LogP contribution in [0.3, 0.4) is 0 Å². The van der Waals surface area contributed by atoms with E-state index in [9.17, 15) is 4.79 Å². The van der Waals surface area contributed by atoms with Crippen molar-refractivity contribution in [3.63, 3.8) is 0 Å². The average molecular weight is 212 g/mol. The maximum atomic E-state index is 12.1. The Hall–Kier alpha value is -2.43. The summed E-state index contributed by atoms with van der Waals surface area (Å²) < 4.78 is 1.38. The number of nitrogen functional groups attached to an aromatic ring is 1. The standard InChI is InChI=1S/C11H8N4O/c12-8-4-1-5-9-14-10-7(3-2-6-13-10)11(16)15(8)9/h1-6H,12H2. The molecular formula is C11H8N4O. The number of nitrogens with two attached hydrogens (primary N) is 1. The molecule has 0 amide bonds. The lowest BCUT2D eigenvalue weighted by molar-refractivity contribution is 1.08. The van der Waals surface area contributed by atoms with Crippen LogP contribution in [0.15, 0.2) is 41.3 Å². The number of anilines is 1. The summed E-state index contributed by atoms with van der Waals surface area (Å²) in [7, 11) is 0. The second-order valence-electron chi connectivity index (χ2n) is 3.44. The third kappa shape index (κ3) is 1.08. The number of hydrogen-bond donors (Lipinski definition) is 1. The lowest BCUT2D eigenvalue weighted by Crippen LogP contribution is -2.18. The van der Waals surface area contributed by atoms with E-state index in [0.717, 1.165) is 0 Å². The Balaban J connectivity index is 2.67. The fraction of sp³-hybridized carbons (Fsp3) is 0. The summed E-state index contributed by atoms with van der Waals surface area (Å²) in [5.41, 5.74) is 6.51. The van der Waals surface area contributed by atoms with Crippen LogP contribution >= 0.6 is 0 Å². The molecule has 0 radical (unpaired) electrons. The molecule has 0 saturated heterocycles. The predicted molar refractivity (Wildman–Crippen MR) is 61.2 cm³/mol. The van der Waals surface area contributed by atoms with Crippen LogP contribution in [0, 0.1) is 0 Å². The topological polar surface area (TPSA) is 73.3 Å². The Morgan fingerprint density at radius 3 is 2.94 bits per heavy atom. The van der Waals surface area contributed by atoms with E-state index in [1.165, 1.54) is 4.40 Å². The molecule has 3 aromatic heterocycles. The van der Waals surface area contributed by atoms with Gasteiger partial charge in [-0.2, -0.15) is 0 Å². The summed E-state index contributed by atoms with van der Waals surface area (Å²) >= 11 is 0. The quantitative estimate of drug-likeness (QED) is 0.560. The van der Waals surface area contributed by atoms with Gasteiger partial charge in [-0.1, -0.05) is 6.07 Å². The minimum absolute atomic E-state index is 0.189. The highest BCUT2D eigenvalue weighted by atomic mass is 16.1. The van der Waals surface area contributed by atoms with Crippen molar-refractivity contribution in [1.82, 2.24) is 14.4 Å². The molecule has 0 unspecified atom stereocenters. The monoisotopic (exact) mass is 212 g/mol. The SMILES string of the molecule is Nc1cccc2nc3ncccc3c(=O)n12. The zero-order valence-corrected chi connectivity index (χ0v) is 8.29. The van der Waals surface area contributed by atoms with Crippen molar-refractivity contribution in [2.75, 3.05) is 5.73 Å². The summed E-state index contributed by atoms with van der Waals surface area (Å²) in [6, 6.07) is 8.55. The van der Waals surface area contributed by atoms with Gasteiger partial charge in [-0.05, 0) is 24.3 Å². The highest BCUT2D eigenvalue weighted by Crippen LogP contribution is 2.09. The fourth-order valence-corrected chi connectivity index (χ4v) is 1.70. The second-order valence-corrected chi connectivity index (χ2v) is 3.44. The molecule has 0 aliphatic rings. The van der Waals surface area contributed by atoms with Gasteiger partial charge in [-0.15, -0.1) is 0 Å². The largest absolute Gasteiger partial charge is 0.385 e. The second kappa shape index (κ2) is 3.03. The first-order chi connectivity index (χ1) is 7.77. The number of hydrogen-bond acceptors (Lipinski definition) is 4. The Kier molecular flexibility index (Phi) is 1.67.